The minimum atomic E-state index is -0.252. The SMILES string of the molecule is COc1ccc(OC)c(C(c2nnnn2C(C)(C)C)N2CCN(Cc3ccccc3)CC2)c1. The highest BCUT2D eigenvalue weighted by molar-refractivity contribution is 5.44. The summed E-state index contributed by atoms with van der Waals surface area (Å²) in [6.07, 6.45) is 0. The molecule has 3 aromatic rings. The standard InChI is InChI=1S/C25H34N6O2/c1-25(2,3)31-24(26-27-28-31)23(21-17-20(32-4)11-12-22(21)33-5)30-15-13-29(14-16-30)18-19-9-7-6-8-10-19/h6-12,17,23H,13-16,18H2,1-5H3. The maximum atomic E-state index is 5.77. The molecule has 33 heavy (non-hydrogen) atoms. The van der Waals surface area contributed by atoms with E-state index in [-0.39, 0.29) is 11.6 Å². The zero-order valence-electron chi connectivity index (χ0n) is 20.2. The van der Waals surface area contributed by atoms with Crippen molar-refractivity contribution >= 4 is 0 Å². The average molecular weight is 451 g/mol. The predicted octanol–water partition coefficient (Wildman–Crippen LogP) is 3.35. The predicted molar refractivity (Wildman–Crippen MR) is 127 cm³/mol. The molecule has 4 rings (SSSR count). The third-order valence-electron chi connectivity index (χ3n) is 6.13. The first-order valence-corrected chi connectivity index (χ1v) is 11.4. The van der Waals surface area contributed by atoms with E-state index in [0.717, 1.165) is 55.6 Å². The van der Waals surface area contributed by atoms with E-state index in [4.69, 9.17) is 9.47 Å². The summed E-state index contributed by atoms with van der Waals surface area (Å²) in [6, 6.07) is 16.4. The number of hydrogen-bond acceptors (Lipinski definition) is 7. The number of nitrogens with zero attached hydrogens (tertiary/aromatic N) is 6. The van der Waals surface area contributed by atoms with Gasteiger partial charge in [0.25, 0.3) is 0 Å². The molecule has 2 aromatic carbocycles. The molecule has 0 bridgehead atoms. The molecule has 1 unspecified atom stereocenters. The van der Waals surface area contributed by atoms with Crippen LogP contribution in [0.25, 0.3) is 0 Å². The van der Waals surface area contributed by atoms with E-state index in [9.17, 15) is 0 Å². The van der Waals surface area contributed by atoms with Crippen LogP contribution in [0.3, 0.4) is 0 Å². The monoisotopic (exact) mass is 450 g/mol. The Morgan fingerprint density at radius 3 is 2.30 bits per heavy atom. The van der Waals surface area contributed by atoms with E-state index >= 15 is 0 Å². The van der Waals surface area contributed by atoms with Gasteiger partial charge in [-0.3, -0.25) is 9.80 Å². The van der Waals surface area contributed by atoms with Gasteiger partial charge in [0.2, 0.25) is 0 Å². The molecule has 8 nitrogen and oxygen atoms in total. The molecular formula is C25H34N6O2. The van der Waals surface area contributed by atoms with Crippen LogP contribution >= 0.6 is 0 Å². The van der Waals surface area contributed by atoms with Crippen molar-refractivity contribution in [2.24, 2.45) is 0 Å². The molecule has 1 aromatic heterocycles. The lowest BCUT2D eigenvalue weighted by atomic mass is 10.00. The normalized spacial score (nSPS) is 16.5. The Hall–Kier alpha value is -2.97. The quantitative estimate of drug-likeness (QED) is 0.547. The van der Waals surface area contributed by atoms with Gasteiger partial charge in [-0.1, -0.05) is 30.3 Å². The summed E-state index contributed by atoms with van der Waals surface area (Å²) in [6.45, 7) is 11.0. The van der Waals surface area contributed by atoms with E-state index in [1.54, 1.807) is 14.2 Å². The second-order valence-electron chi connectivity index (χ2n) is 9.43. The van der Waals surface area contributed by atoms with Gasteiger partial charge < -0.3 is 9.47 Å². The number of rotatable bonds is 7. The lowest BCUT2D eigenvalue weighted by molar-refractivity contribution is 0.0969. The number of tetrazole rings is 1. The average Bonchev–Trinajstić information content (AvgIpc) is 3.31. The van der Waals surface area contributed by atoms with E-state index in [2.05, 4.69) is 76.4 Å². The number of aromatic nitrogens is 4. The minimum absolute atomic E-state index is 0.150. The van der Waals surface area contributed by atoms with Crippen LogP contribution in [-0.2, 0) is 12.1 Å². The molecule has 0 aliphatic carbocycles. The van der Waals surface area contributed by atoms with E-state index in [1.807, 2.05) is 22.9 Å². The Balaban J connectivity index is 1.66. The van der Waals surface area contributed by atoms with Gasteiger partial charge in [0.15, 0.2) is 5.82 Å². The summed E-state index contributed by atoms with van der Waals surface area (Å²) in [4.78, 5) is 4.95. The van der Waals surface area contributed by atoms with Crippen molar-refractivity contribution in [2.45, 2.75) is 38.9 Å². The van der Waals surface area contributed by atoms with Gasteiger partial charge in [0.05, 0.1) is 19.8 Å². The van der Waals surface area contributed by atoms with Crippen molar-refractivity contribution in [3.63, 3.8) is 0 Å². The zero-order valence-corrected chi connectivity index (χ0v) is 20.2. The Morgan fingerprint density at radius 1 is 0.939 bits per heavy atom. The Bertz CT molecular complexity index is 1040. The zero-order chi connectivity index (χ0) is 23.4. The summed E-state index contributed by atoms with van der Waals surface area (Å²) in [5, 5.41) is 12.9. The van der Waals surface area contributed by atoms with Crippen LogP contribution in [0.1, 0.15) is 43.8 Å². The van der Waals surface area contributed by atoms with Crippen LogP contribution in [0.4, 0.5) is 0 Å². The highest BCUT2D eigenvalue weighted by Crippen LogP contribution is 2.37. The molecule has 1 fully saturated rings. The molecule has 176 valence electrons. The lowest BCUT2D eigenvalue weighted by Gasteiger charge is -2.40. The van der Waals surface area contributed by atoms with Crippen LogP contribution in [0, 0.1) is 0 Å². The maximum absolute atomic E-state index is 5.77. The molecule has 0 N–H and O–H groups in total. The first-order chi connectivity index (χ1) is 15.9. The summed E-state index contributed by atoms with van der Waals surface area (Å²) >= 11 is 0. The van der Waals surface area contributed by atoms with Crippen LogP contribution in [0.5, 0.6) is 11.5 Å². The smallest absolute Gasteiger partial charge is 0.173 e. The van der Waals surface area contributed by atoms with Crippen molar-refractivity contribution in [3.05, 3.63) is 65.5 Å². The van der Waals surface area contributed by atoms with Gasteiger partial charge in [-0.2, -0.15) is 0 Å². The van der Waals surface area contributed by atoms with E-state index < -0.39 is 0 Å². The van der Waals surface area contributed by atoms with Crippen molar-refractivity contribution < 1.29 is 9.47 Å². The van der Waals surface area contributed by atoms with Crippen LogP contribution in [-0.4, -0.2) is 70.4 Å². The van der Waals surface area contributed by atoms with Crippen LogP contribution < -0.4 is 9.47 Å². The number of hydrogen-bond donors (Lipinski definition) is 0. The van der Waals surface area contributed by atoms with Crippen LogP contribution in [0.15, 0.2) is 48.5 Å². The molecule has 1 aliphatic rings. The Kier molecular flexibility index (Phi) is 6.95. The van der Waals surface area contributed by atoms with E-state index in [0.29, 0.717) is 0 Å². The highest BCUT2D eigenvalue weighted by atomic mass is 16.5. The first kappa shape index (κ1) is 23.2. The number of benzene rings is 2. The van der Waals surface area contributed by atoms with Crippen molar-refractivity contribution in [1.29, 1.82) is 0 Å². The van der Waals surface area contributed by atoms with Gasteiger partial charge in [-0.15, -0.1) is 5.10 Å². The fourth-order valence-corrected chi connectivity index (χ4v) is 4.42. The molecule has 1 atom stereocenters. The van der Waals surface area contributed by atoms with Crippen molar-refractivity contribution in [1.82, 2.24) is 30.0 Å². The lowest BCUT2D eigenvalue weighted by Crippen LogP contribution is -2.48. The van der Waals surface area contributed by atoms with Crippen molar-refractivity contribution in [3.8, 4) is 11.5 Å². The molecule has 8 heteroatoms. The third-order valence-corrected chi connectivity index (χ3v) is 6.13. The van der Waals surface area contributed by atoms with Gasteiger partial charge in [0, 0.05) is 38.3 Å². The van der Waals surface area contributed by atoms with Gasteiger partial charge >= 0.3 is 0 Å². The maximum Gasteiger partial charge on any atom is 0.173 e. The number of piperazine rings is 1. The summed E-state index contributed by atoms with van der Waals surface area (Å²) < 4.78 is 13.2. The van der Waals surface area contributed by atoms with Gasteiger partial charge in [-0.05, 0) is 55.0 Å². The fourth-order valence-electron chi connectivity index (χ4n) is 4.42. The summed E-state index contributed by atoms with van der Waals surface area (Å²) in [5.74, 6) is 2.40. The molecule has 0 saturated carbocycles. The third kappa shape index (κ3) is 5.17. The Labute approximate surface area is 196 Å². The minimum Gasteiger partial charge on any atom is -0.497 e. The molecule has 1 aliphatic heterocycles. The topological polar surface area (TPSA) is 68.5 Å². The molecule has 0 radical (unpaired) electrons. The number of methoxy groups -OCH3 is 2. The molecular weight excluding hydrogens is 416 g/mol. The first-order valence-electron chi connectivity index (χ1n) is 11.4. The molecule has 0 spiro atoms. The number of ether oxygens (including phenoxy) is 2. The summed E-state index contributed by atoms with van der Waals surface area (Å²) in [7, 11) is 3.38. The molecule has 2 heterocycles. The Morgan fingerprint density at radius 2 is 1.67 bits per heavy atom. The van der Waals surface area contributed by atoms with Gasteiger partial charge in [0.1, 0.15) is 17.5 Å². The molecule has 0 amide bonds. The second-order valence-corrected chi connectivity index (χ2v) is 9.43. The highest BCUT2D eigenvalue weighted by Gasteiger charge is 2.35. The largest absolute Gasteiger partial charge is 0.497 e. The summed E-state index contributed by atoms with van der Waals surface area (Å²) in [5.41, 5.74) is 2.10. The van der Waals surface area contributed by atoms with Crippen molar-refractivity contribution in [2.75, 3.05) is 40.4 Å². The second kappa shape index (κ2) is 9.89. The van der Waals surface area contributed by atoms with Crippen LogP contribution in [0.2, 0.25) is 0 Å². The molecule has 1 saturated heterocycles. The van der Waals surface area contributed by atoms with E-state index in [1.165, 1.54) is 5.56 Å². The fraction of sp³-hybridized carbons (Fsp3) is 0.480. The van der Waals surface area contributed by atoms with Gasteiger partial charge in [-0.25, -0.2) is 4.68 Å².